The zero-order valence-corrected chi connectivity index (χ0v) is 12.1. The molecule has 0 radical (unpaired) electrons. The van der Waals surface area contributed by atoms with E-state index < -0.39 is 24.2 Å². The Morgan fingerprint density at radius 1 is 1.32 bits per heavy atom. The van der Waals surface area contributed by atoms with Crippen LogP contribution in [0, 0.1) is 0 Å². The van der Waals surface area contributed by atoms with Gasteiger partial charge in [-0.2, -0.15) is 13.2 Å². The molecule has 0 spiro atoms. The molecule has 1 heterocycles. The summed E-state index contributed by atoms with van der Waals surface area (Å²) in [6.45, 7) is -0.587. The molecule has 0 aliphatic carbocycles. The Hall–Kier alpha value is -1.76. The standard InChI is InChI=1S/C15H17F3O4/c1-20-13(19)14(5-7-21-8-6-14)11-3-2-4-12(9-11)22-10-15(16,17)18/h2-4,9H,5-8,10H2,1H3. The van der Waals surface area contributed by atoms with E-state index in [1.807, 2.05) is 0 Å². The highest BCUT2D eigenvalue weighted by molar-refractivity contribution is 5.83. The van der Waals surface area contributed by atoms with Crippen LogP contribution in [0.4, 0.5) is 13.2 Å². The number of carbonyl (C=O) groups excluding carboxylic acids is 1. The fourth-order valence-corrected chi connectivity index (χ4v) is 2.57. The van der Waals surface area contributed by atoms with Crippen molar-refractivity contribution in [1.29, 1.82) is 0 Å². The quantitative estimate of drug-likeness (QED) is 0.801. The van der Waals surface area contributed by atoms with Crippen LogP contribution in [0.2, 0.25) is 0 Å². The first kappa shape index (κ1) is 16.6. The number of hydrogen-bond donors (Lipinski definition) is 0. The van der Waals surface area contributed by atoms with Crippen molar-refractivity contribution in [1.82, 2.24) is 0 Å². The lowest BCUT2D eigenvalue weighted by atomic mass is 9.74. The van der Waals surface area contributed by atoms with E-state index in [0.29, 0.717) is 31.6 Å². The molecule has 0 saturated carbocycles. The van der Waals surface area contributed by atoms with E-state index in [0.717, 1.165) is 0 Å². The van der Waals surface area contributed by atoms with E-state index in [-0.39, 0.29) is 5.75 Å². The van der Waals surface area contributed by atoms with Crippen molar-refractivity contribution in [2.45, 2.75) is 24.4 Å². The topological polar surface area (TPSA) is 44.8 Å². The van der Waals surface area contributed by atoms with Gasteiger partial charge in [0.25, 0.3) is 0 Å². The summed E-state index contributed by atoms with van der Waals surface area (Å²) < 4.78 is 51.6. The second-order valence-corrected chi connectivity index (χ2v) is 5.12. The zero-order valence-electron chi connectivity index (χ0n) is 12.1. The molecule has 1 fully saturated rings. The minimum atomic E-state index is -4.41. The Balaban J connectivity index is 2.27. The van der Waals surface area contributed by atoms with E-state index in [4.69, 9.17) is 14.2 Å². The molecule has 7 heteroatoms. The van der Waals surface area contributed by atoms with Crippen LogP contribution < -0.4 is 4.74 Å². The van der Waals surface area contributed by atoms with Gasteiger partial charge < -0.3 is 14.2 Å². The molecule has 1 aromatic carbocycles. The Morgan fingerprint density at radius 2 is 2.00 bits per heavy atom. The van der Waals surface area contributed by atoms with Gasteiger partial charge in [0.15, 0.2) is 6.61 Å². The van der Waals surface area contributed by atoms with Crippen molar-refractivity contribution in [2.75, 3.05) is 26.9 Å². The van der Waals surface area contributed by atoms with E-state index >= 15 is 0 Å². The molecule has 1 aromatic rings. The monoisotopic (exact) mass is 318 g/mol. The first-order valence-corrected chi connectivity index (χ1v) is 6.84. The summed E-state index contributed by atoms with van der Waals surface area (Å²) in [5.41, 5.74) is -0.313. The predicted octanol–water partition coefficient (Wildman–Crippen LogP) is 2.85. The third-order valence-corrected chi connectivity index (χ3v) is 3.71. The molecule has 1 aliphatic rings. The number of esters is 1. The van der Waals surface area contributed by atoms with Crippen LogP contribution in [0.25, 0.3) is 0 Å². The molecule has 4 nitrogen and oxygen atoms in total. The highest BCUT2D eigenvalue weighted by Crippen LogP contribution is 2.37. The fourth-order valence-electron chi connectivity index (χ4n) is 2.57. The van der Waals surface area contributed by atoms with Gasteiger partial charge in [-0.05, 0) is 30.5 Å². The Morgan fingerprint density at radius 3 is 2.59 bits per heavy atom. The number of alkyl halides is 3. The summed E-state index contributed by atoms with van der Waals surface area (Å²) in [7, 11) is 1.30. The van der Waals surface area contributed by atoms with E-state index in [9.17, 15) is 18.0 Å². The van der Waals surface area contributed by atoms with Gasteiger partial charge in [-0.15, -0.1) is 0 Å². The summed E-state index contributed by atoms with van der Waals surface area (Å²) >= 11 is 0. The van der Waals surface area contributed by atoms with Crippen LogP contribution in [-0.2, 0) is 19.7 Å². The van der Waals surface area contributed by atoms with Gasteiger partial charge in [0.2, 0.25) is 0 Å². The molecule has 1 aliphatic heterocycles. The van der Waals surface area contributed by atoms with Crippen molar-refractivity contribution < 1.29 is 32.2 Å². The second-order valence-electron chi connectivity index (χ2n) is 5.12. The SMILES string of the molecule is COC(=O)C1(c2cccc(OCC(F)(F)F)c2)CCOCC1. The van der Waals surface area contributed by atoms with Crippen molar-refractivity contribution in [2.24, 2.45) is 0 Å². The Kier molecular flexibility index (Phi) is 4.95. The first-order valence-electron chi connectivity index (χ1n) is 6.84. The summed E-state index contributed by atoms with van der Waals surface area (Å²) in [6.07, 6.45) is -3.57. The van der Waals surface area contributed by atoms with E-state index in [1.165, 1.54) is 19.2 Å². The van der Waals surface area contributed by atoms with Gasteiger partial charge in [-0.25, -0.2) is 0 Å². The van der Waals surface area contributed by atoms with Crippen LogP contribution in [0.15, 0.2) is 24.3 Å². The smallest absolute Gasteiger partial charge is 0.422 e. The molecular formula is C15H17F3O4. The molecule has 0 unspecified atom stereocenters. The van der Waals surface area contributed by atoms with Crippen molar-refractivity contribution in [3.05, 3.63) is 29.8 Å². The Labute approximate surface area is 126 Å². The number of rotatable bonds is 4. The maximum Gasteiger partial charge on any atom is 0.422 e. The number of carbonyl (C=O) groups is 1. The maximum absolute atomic E-state index is 12.2. The summed E-state index contributed by atoms with van der Waals surface area (Å²) in [4.78, 5) is 12.2. The number of halogens is 3. The zero-order chi connectivity index (χ0) is 16.2. The summed E-state index contributed by atoms with van der Waals surface area (Å²) in [5, 5.41) is 0. The van der Waals surface area contributed by atoms with Crippen LogP contribution in [0.3, 0.4) is 0 Å². The van der Waals surface area contributed by atoms with E-state index in [1.54, 1.807) is 12.1 Å². The molecule has 122 valence electrons. The minimum absolute atomic E-state index is 0.0737. The molecule has 0 atom stereocenters. The third-order valence-electron chi connectivity index (χ3n) is 3.71. The normalized spacial score (nSPS) is 17.8. The van der Waals surface area contributed by atoms with Gasteiger partial charge in [-0.1, -0.05) is 12.1 Å². The first-order chi connectivity index (χ1) is 10.4. The molecule has 0 bridgehead atoms. The molecule has 0 amide bonds. The van der Waals surface area contributed by atoms with Crippen LogP contribution in [-0.4, -0.2) is 39.1 Å². The number of methoxy groups -OCH3 is 1. The highest BCUT2D eigenvalue weighted by Gasteiger charge is 2.43. The molecular weight excluding hydrogens is 301 g/mol. The van der Waals surface area contributed by atoms with E-state index in [2.05, 4.69) is 0 Å². The largest absolute Gasteiger partial charge is 0.484 e. The van der Waals surface area contributed by atoms with Crippen LogP contribution in [0.5, 0.6) is 5.75 Å². The van der Waals surface area contributed by atoms with Gasteiger partial charge in [0.05, 0.1) is 12.5 Å². The van der Waals surface area contributed by atoms with Crippen molar-refractivity contribution >= 4 is 5.97 Å². The van der Waals surface area contributed by atoms with Crippen molar-refractivity contribution in [3.63, 3.8) is 0 Å². The van der Waals surface area contributed by atoms with Crippen LogP contribution in [0.1, 0.15) is 18.4 Å². The Bertz CT molecular complexity index is 522. The van der Waals surface area contributed by atoms with Gasteiger partial charge in [0.1, 0.15) is 5.75 Å². The van der Waals surface area contributed by atoms with Gasteiger partial charge in [-0.3, -0.25) is 4.79 Å². The highest BCUT2D eigenvalue weighted by atomic mass is 19.4. The van der Waals surface area contributed by atoms with Gasteiger partial charge >= 0.3 is 12.1 Å². The second kappa shape index (κ2) is 6.56. The maximum atomic E-state index is 12.2. The fraction of sp³-hybridized carbons (Fsp3) is 0.533. The average Bonchev–Trinajstić information content (AvgIpc) is 2.52. The number of benzene rings is 1. The summed E-state index contributed by atoms with van der Waals surface area (Å²) in [5.74, 6) is -0.339. The minimum Gasteiger partial charge on any atom is -0.484 e. The molecule has 1 saturated heterocycles. The summed E-state index contributed by atoms with van der Waals surface area (Å²) in [6, 6.07) is 6.16. The molecule has 22 heavy (non-hydrogen) atoms. The third kappa shape index (κ3) is 3.71. The lowest BCUT2D eigenvalue weighted by Crippen LogP contribution is -2.42. The van der Waals surface area contributed by atoms with Gasteiger partial charge in [0, 0.05) is 13.2 Å². The molecule has 0 N–H and O–H groups in total. The molecule has 0 aromatic heterocycles. The number of ether oxygens (including phenoxy) is 3. The van der Waals surface area contributed by atoms with Crippen LogP contribution >= 0.6 is 0 Å². The average molecular weight is 318 g/mol. The lowest BCUT2D eigenvalue weighted by Gasteiger charge is -2.35. The lowest BCUT2D eigenvalue weighted by molar-refractivity contribution is -0.154. The van der Waals surface area contributed by atoms with Crippen molar-refractivity contribution in [3.8, 4) is 5.75 Å². The predicted molar refractivity (Wildman–Crippen MR) is 71.7 cm³/mol. The number of hydrogen-bond acceptors (Lipinski definition) is 4. The molecule has 2 rings (SSSR count).